The maximum Gasteiger partial charge on any atom is 0.429 e. The van der Waals surface area contributed by atoms with Crippen molar-refractivity contribution in [2.24, 2.45) is 5.73 Å². The molecule has 0 aliphatic rings. The number of aliphatic carboxylic acids is 1. The SMILES string of the molecule is Cc1ccn(-c2ccc(Cl)cc2C(Oc2cc(-c3ccc(CC(N)C(=O)O)cc3)nc(N)n2)C(F)(F)F)n1. The van der Waals surface area contributed by atoms with E-state index in [2.05, 4.69) is 15.1 Å². The summed E-state index contributed by atoms with van der Waals surface area (Å²) in [6.07, 6.45) is -5.68. The Morgan fingerprint density at radius 1 is 1.13 bits per heavy atom. The summed E-state index contributed by atoms with van der Waals surface area (Å²) in [6, 6.07) is 12.4. The number of alkyl halides is 3. The maximum atomic E-state index is 14.3. The van der Waals surface area contributed by atoms with Crippen LogP contribution in [-0.2, 0) is 11.2 Å². The first-order chi connectivity index (χ1) is 17.9. The van der Waals surface area contributed by atoms with Crippen LogP contribution in [0.2, 0.25) is 5.02 Å². The Labute approximate surface area is 219 Å². The van der Waals surface area contributed by atoms with Crippen LogP contribution < -0.4 is 16.2 Å². The van der Waals surface area contributed by atoms with Gasteiger partial charge in [0.05, 0.1) is 17.1 Å². The molecule has 0 amide bonds. The van der Waals surface area contributed by atoms with Gasteiger partial charge in [-0.2, -0.15) is 23.3 Å². The standard InChI is InChI=1S/C25H22ClF3N6O3/c1-13-8-9-35(34-13)20-7-6-16(26)11-17(20)22(25(27,28)29)38-21-12-19(32-24(31)33-21)15-4-2-14(3-5-15)10-18(30)23(36)37/h2-9,11-12,18,22H,10,30H2,1H3,(H,36,37)(H2,31,32,33). The van der Waals surface area contributed by atoms with E-state index in [0.717, 1.165) is 6.07 Å². The van der Waals surface area contributed by atoms with E-state index < -0.39 is 30.2 Å². The third kappa shape index (κ3) is 6.21. The summed E-state index contributed by atoms with van der Waals surface area (Å²) in [6.45, 7) is 1.71. The fourth-order valence-electron chi connectivity index (χ4n) is 3.72. The zero-order chi connectivity index (χ0) is 27.6. The number of rotatable bonds is 8. The second-order valence-electron chi connectivity index (χ2n) is 8.44. The second-order valence-corrected chi connectivity index (χ2v) is 8.88. The number of hydrogen-bond donors (Lipinski definition) is 3. The number of carboxylic acids is 1. The van der Waals surface area contributed by atoms with Crippen LogP contribution in [-0.4, -0.2) is 43.0 Å². The summed E-state index contributed by atoms with van der Waals surface area (Å²) in [5.41, 5.74) is 13.2. The highest BCUT2D eigenvalue weighted by atomic mass is 35.5. The number of aryl methyl sites for hydroxylation is 1. The van der Waals surface area contributed by atoms with E-state index >= 15 is 0 Å². The van der Waals surface area contributed by atoms with Crippen LogP contribution in [0.3, 0.4) is 0 Å². The minimum absolute atomic E-state index is 0.0797. The van der Waals surface area contributed by atoms with Crippen molar-refractivity contribution in [3.05, 3.63) is 82.6 Å². The summed E-state index contributed by atoms with van der Waals surface area (Å²) < 4.78 is 49.7. The quantitative estimate of drug-likeness (QED) is 0.293. The van der Waals surface area contributed by atoms with Crippen molar-refractivity contribution in [1.29, 1.82) is 0 Å². The highest BCUT2D eigenvalue weighted by Crippen LogP contribution is 2.40. The Morgan fingerprint density at radius 2 is 1.84 bits per heavy atom. The third-order valence-electron chi connectivity index (χ3n) is 5.52. The summed E-state index contributed by atoms with van der Waals surface area (Å²) in [5.74, 6) is -1.84. The van der Waals surface area contributed by atoms with Gasteiger partial charge in [0.15, 0.2) is 0 Å². The van der Waals surface area contributed by atoms with Gasteiger partial charge in [0.25, 0.3) is 0 Å². The Balaban J connectivity index is 1.69. The highest BCUT2D eigenvalue weighted by molar-refractivity contribution is 6.30. The van der Waals surface area contributed by atoms with Gasteiger partial charge >= 0.3 is 12.1 Å². The number of halogens is 4. The lowest BCUT2D eigenvalue weighted by Crippen LogP contribution is -2.32. The number of ether oxygens (including phenoxy) is 1. The minimum Gasteiger partial charge on any atom is -0.480 e. The molecule has 0 aliphatic carbocycles. The summed E-state index contributed by atoms with van der Waals surface area (Å²) in [7, 11) is 0. The molecule has 2 aromatic heterocycles. The van der Waals surface area contributed by atoms with Crippen LogP contribution in [0.1, 0.15) is 22.9 Å². The van der Waals surface area contributed by atoms with Crippen LogP contribution in [0.4, 0.5) is 19.1 Å². The fraction of sp³-hybridized carbons (Fsp3) is 0.200. The van der Waals surface area contributed by atoms with Gasteiger partial charge in [0.2, 0.25) is 17.9 Å². The van der Waals surface area contributed by atoms with Gasteiger partial charge in [-0.1, -0.05) is 35.9 Å². The average molecular weight is 547 g/mol. The molecule has 2 heterocycles. The van der Waals surface area contributed by atoms with Crippen LogP contribution in [0.25, 0.3) is 16.9 Å². The normalized spacial score (nSPS) is 13.2. The molecular formula is C25H22ClF3N6O3. The lowest BCUT2D eigenvalue weighted by molar-refractivity contribution is -0.198. The smallest absolute Gasteiger partial charge is 0.429 e. The Morgan fingerprint density at radius 3 is 2.45 bits per heavy atom. The molecule has 0 radical (unpaired) electrons. The van der Waals surface area contributed by atoms with Crippen molar-refractivity contribution in [3.63, 3.8) is 0 Å². The molecule has 2 aromatic carbocycles. The topological polar surface area (TPSA) is 142 Å². The molecule has 9 nitrogen and oxygen atoms in total. The van der Waals surface area contributed by atoms with Crippen molar-refractivity contribution in [2.45, 2.75) is 31.7 Å². The first-order valence-electron chi connectivity index (χ1n) is 11.2. The molecule has 5 N–H and O–H groups in total. The lowest BCUT2D eigenvalue weighted by Gasteiger charge is -2.24. The van der Waals surface area contributed by atoms with Gasteiger partial charge in [-0.15, -0.1) is 0 Å². The van der Waals surface area contributed by atoms with E-state index in [9.17, 15) is 18.0 Å². The zero-order valence-corrected chi connectivity index (χ0v) is 20.6. The van der Waals surface area contributed by atoms with Gasteiger partial charge in [-0.05, 0) is 43.2 Å². The van der Waals surface area contributed by atoms with E-state index in [1.807, 2.05) is 0 Å². The first kappa shape index (κ1) is 26.9. The van der Waals surface area contributed by atoms with Crippen LogP contribution in [0.15, 0.2) is 60.8 Å². The molecule has 0 fully saturated rings. The number of carbonyl (C=O) groups is 1. The Kier molecular flexibility index (Phi) is 7.56. The number of hydrogen-bond acceptors (Lipinski definition) is 7. The number of nitrogen functional groups attached to an aromatic ring is 1. The van der Waals surface area contributed by atoms with Crippen molar-refractivity contribution >= 4 is 23.5 Å². The molecule has 0 saturated carbocycles. The van der Waals surface area contributed by atoms with Crippen molar-refractivity contribution < 1.29 is 27.8 Å². The molecular weight excluding hydrogens is 525 g/mol. The molecule has 0 aliphatic heterocycles. The van der Waals surface area contributed by atoms with E-state index in [1.165, 1.54) is 29.1 Å². The monoisotopic (exact) mass is 546 g/mol. The van der Waals surface area contributed by atoms with Crippen molar-refractivity contribution in [3.8, 4) is 22.8 Å². The summed E-state index contributed by atoms with van der Waals surface area (Å²) >= 11 is 6.06. The molecule has 0 spiro atoms. The van der Waals surface area contributed by atoms with Crippen LogP contribution >= 0.6 is 11.6 Å². The predicted molar refractivity (Wildman–Crippen MR) is 134 cm³/mol. The molecule has 2 atom stereocenters. The van der Waals surface area contributed by atoms with Crippen molar-refractivity contribution in [1.82, 2.24) is 19.7 Å². The number of benzene rings is 2. The van der Waals surface area contributed by atoms with Crippen LogP contribution in [0, 0.1) is 6.92 Å². The number of nitrogens with two attached hydrogens (primary N) is 2. The fourth-order valence-corrected chi connectivity index (χ4v) is 3.91. The molecule has 13 heteroatoms. The molecule has 38 heavy (non-hydrogen) atoms. The number of nitrogens with zero attached hydrogens (tertiary/aromatic N) is 4. The summed E-state index contributed by atoms with van der Waals surface area (Å²) in [5, 5.41) is 13.3. The number of anilines is 1. The third-order valence-corrected chi connectivity index (χ3v) is 5.75. The molecule has 0 bridgehead atoms. The van der Waals surface area contributed by atoms with E-state index in [-0.39, 0.29) is 34.3 Å². The largest absolute Gasteiger partial charge is 0.480 e. The highest BCUT2D eigenvalue weighted by Gasteiger charge is 2.45. The number of aromatic nitrogens is 4. The first-order valence-corrected chi connectivity index (χ1v) is 11.6. The second kappa shape index (κ2) is 10.7. The molecule has 4 aromatic rings. The molecule has 198 valence electrons. The molecule has 0 saturated heterocycles. The Bertz CT molecular complexity index is 1460. The van der Waals surface area contributed by atoms with E-state index in [4.69, 9.17) is 32.9 Å². The minimum atomic E-state index is -4.86. The van der Waals surface area contributed by atoms with E-state index in [1.54, 1.807) is 37.3 Å². The maximum absolute atomic E-state index is 14.3. The van der Waals surface area contributed by atoms with Gasteiger partial charge < -0.3 is 21.3 Å². The average Bonchev–Trinajstić information content (AvgIpc) is 3.27. The van der Waals surface area contributed by atoms with Gasteiger partial charge in [0, 0.05) is 28.4 Å². The summed E-state index contributed by atoms with van der Waals surface area (Å²) in [4.78, 5) is 18.9. The number of carboxylic acid groups (broad SMARTS) is 1. The Hall–Kier alpha value is -4.16. The van der Waals surface area contributed by atoms with E-state index in [0.29, 0.717) is 16.8 Å². The zero-order valence-electron chi connectivity index (χ0n) is 19.9. The predicted octanol–water partition coefficient (Wildman–Crippen LogP) is 4.51. The van der Waals surface area contributed by atoms with Gasteiger partial charge in [0.1, 0.15) is 6.04 Å². The van der Waals surface area contributed by atoms with Gasteiger partial charge in [-0.25, -0.2) is 9.67 Å². The van der Waals surface area contributed by atoms with Crippen LogP contribution in [0.5, 0.6) is 5.88 Å². The molecule has 2 unspecified atom stereocenters. The molecule has 4 rings (SSSR count). The lowest BCUT2D eigenvalue weighted by atomic mass is 10.0. The van der Waals surface area contributed by atoms with Gasteiger partial charge in [-0.3, -0.25) is 4.79 Å². The van der Waals surface area contributed by atoms with Crippen molar-refractivity contribution in [2.75, 3.05) is 5.73 Å².